The highest BCUT2D eigenvalue weighted by Crippen LogP contribution is 2.21. The molecule has 0 amide bonds. The molecule has 0 saturated carbocycles. The quantitative estimate of drug-likeness (QED) is 0.590. The fourth-order valence-electron chi connectivity index (χ4n) is 0.955. The Labute approximate surface area is 76.3 Å². The van der Waals surface area contributed by atoms with Crippen molar-refractivity contribution in [1.29, 1.82) is 0 Å². The minimum absolute atomic E-state index is 0.0181. The van der Waals surface area contributed by atoms with Crippen LogP contribution >= 0.6 is 0 Å². The largest absolute Gasteiger partial charge is 0.506 e. The third-order valence-corrected chi connectivity index (χ3v) is 1.69. The summed E-state index contributed by atoms with van der Waals surface area (Å²) >= 11 is 0. The first-order valence-corrected chi connectivity index (χ1v) is 3.86. The molecule has 0 saturated heterocycles. The predicted molar refractivity (Wildman–Crippen MR) is 49.0 cm³/mol. The molecule has 0 spiro atoms. The average molecular weight is 180 g/mol. The zero-order valence-corrected chi connectivity index (χ0v) is 7.14. The highest BCUT2D eigenvalue weighted by Gasteiger charge is 2.09. The number of aromatic hydroxyl groups is 1. The van der Waals surface area contributed by atoms with E-state index in [1.54, 1.807) is 0 Å². The highest BCUT2D eigenvalue weighted by molar-refractivity contribution is 5.31. The van der Waals surface area contributed by atoms with Gasteiger partial charge in [-0.2, -0.15) is 0 Å². The molecule has 4 heteroatoms. The Morgan fingerprint density at radius 2 is 2.31 bits per heavy atom. The Morgan fingerprint density at radius 3 is 2.85 bits per heavy atom. The van der Waals surface area contributed by atoms with Gasteiger partial charge in [0.15, 0.2) is 0 Å². The molecule has 0 aromatic carbocycles. The normalized spacial score (nSPS) is 12.5. The Bertz CT molecular complexity index is 312. The van der Waals surface area contributed by atoms with Gasteiger partial charge in [0.05, 0.1) is 18.3 Å². The summed E-state index contributed by atoms with van der Waals surface area (Å²) < 4.78 is 0. The first kappa shape index (κ1) is 9.70. The molecule has 0 fully saturated rings. The van der Waals surface area contributed by atoms with Crippen molar-refractivity contribution in [1.82, 2.24) is 4.98 Å². The lowest BCUT2D eigenvalue weighted by Gasteiger charge is -2.08. The van der Waals surface area contributed by atoms with E-state index in [-0.39, 0.29) is 12.4 Å². The average Bonchev–Trinajstić information content (AvgIpc) is 2.17. The van der Waals surface area contributed by atoms with Crippen LogP contribution < -0.4 is 5.73 Å². The first-order valence-electron chi connectivity index (χ1n) is 3.86. The zero-order chi connectivity index (χ0) is 9.84. The highest BCUT2D eigenvalue weighted by atomic mass is 16.3. The number of nitrogens with two attached hydrogens (primary N) is 1. The predicted octanol–water partition coefficient (Wildman–Crippen LogP) is 0.465. The number of aromatic nitrogens is 1. The lowest BCUT2D eigenvalue weighted by Crippen LogP contribution is -2.10. The van der Waals surface area contributed by atoms with Gasteiger partial charge in [-0.1, -0.05) is 6.08 Å². The van der Waals surface area contributed by atoms with Crippen LogP contribution in [0, 0.1) is 0 Å². The Balaban J connectivity index is 3.10. The van der Waals surface area contributed by atoms with Gasteiger partial charge in [0.25, 0.3) is 0 Å². The summed E-state index contributed by atoms with van der Waals surface area (Å²) in [7, 11) is 0. The summed E-state index contributed by atoms with van der Waals surface area (Å²) in [6, 6.07) is 2.48. The van der Waals surface area contributed by atoms with Crippen LogP contribution in [0.2, 0.25) is 0 Å². The number of hydrogen-bond donors (Lipinski definition) is 3. The molecule has 13 heavy (non-hydrogen) atoms. The molecule has 1 atom stereocenters. The van der Waals surface area contributed by atoms with E-state index in [9.17, 15) is 5.11 Å². The van der Waals surface area contributed by atoms with E-state index in [2.05, 4.69) is 11.6 Å². The summed E-state index contributed by atoms with van der Waals surface area (Å²) in [4.78, 5) is 3.97. The van der Waals surface area contributed by atoms with Gasteiger partial charge in [-0.15, -0.1) is 6.58 Å². The Hall–Kier alpha value is -1.39. The van der Waals surface area contributed by atoms with Crippen molar-refractivity contribution in [2.45, 2.75) is 12.6 Å². The van der Waals surface area contributed by atoms with Crippen LogP contribution in [0.3, 0.4) is 0 Å². The van der Waals surface area contributed by atoms with Crippen molar-refractivity contribution in [2.24, 2.45) is 5.73 Å². The van der Waals surface area contributed by atoms with Crippen LogP contribution in [-0.4, -0.2) is 15.2 Å². The van der Waals surface area contributed by atoms with Crippen LogP contribution in [0.4, 0.5) is 0 Å². The summed E-state index contributed by atoms with van der Waals surface area (Å²) in [5.74, 6) is 0.0181. The topological polar surface area (TPSA) is 79.4 Å². The molecule has 0 aliphatic carbocycles. The van der Waals surface area contributed by atoms with Crippen LogP contribution in [-0.2, 0) is 6.61 Å². The molecule has 1 heterocycles. The fourth-order valence-corrected chi connectivity index (χ4v) is 0.955. The number of pyridine rings is 1. The number of nitrogens with zero attached hydrogens (tertiary/aromatic N) is 1. The van der Waals surface area contributed by atoms with Crippen molar-refractivity contribution in [3.8, 4) is 5.75 Å². The number of aliphatic hydroxyl groups excluding tert-OH is 1. The SMILES string of the molecule is C=C[C@H](N)c1nc(CO)ccc1O. The van der Waals surface area contributed by atoms with Gasteiger partial charge in [0.1, 0.15) is 11.4 Å². The summed E-state index contributed by atoms with van der Waals surface area (Å²) in [5.41, 5.74) is 6.41. The number of aliphatic hydroxyl groups is 1. The smallest absolute Gasteiger partial charge is 0.139 e. The molecule has 0 unspecified atom stereocenters. The second kappa shape index (κ2) is 4.02. The van der Waals surface area contributed by atoms with Crippen molar-refractivity contribution in [3.63, 3.8) is 0 Å². The maximum atomic E-state index is 9.36. The van der Waals surface area contributed by atoms with Crippen LogP contribution in [0.15, 0.2) is 24.8 Å². The molecule has 4 N–H and O–H groups in total. The summed E-state index contributed by atoms with van der Waals surface area (Å²) in [6.45, 7) is 3.33. The van der Waals surface area contributed by atoms with Gasteiger partial charge in [-0.25, -0.2) is 4.98 Å². The Morgan fingerprint density at radius 1 is 1.62 bits per heavy atom. The zero-order valence-electron chi connectivity index (χ0n) is 7.14. The lowest BCUT2D eigenvalue weighted by molar-refractivity contribution is 0.276. The van der Waals surface area contributed by atoms with E-state index in [0.717, 1.165) is 0 Å². The minimum Gasteiger partial charge on any atom is -0.506 e. The molecule has 1 rings (SSSR count). The van der Waals surface area contributed by atoms with Gasteiger partial charge in [-0.3, -0.25) is 0 Å². The lowest BCUT2D eigenvalue weighted by atomic mass is 10.1. The number of rotatable bonds is 3. The molecule has 0 aliphatic rings. The second-order valence-electron chi connectivity index (χ2n) is 2.63. The molecular formula is C9H12N2O2. The molecule has 0 bridgehead atoms. The van der Waals surface area contributed by atoms with Gasteiger partial charge >= 0.3 is 0 Å². The second-order valence-corrected chi connectivity index (χ2v) is 2.63. The van der Waals surface area contributed by atoms with Gasteiger partial charge in [-0.05, 0) is 12.1 Å². The number of hydrogen-bond acceptors (Lipinski definition) is 4. The van der Waals surface area contributed by atoms with Gasteiger partial charge < -0.3 is 15.9 Å². The molecule has 0 aliphatic heterocycles. The maximum absolute atomic E-state index is 9.36. The van der Waals surface area contributed by atoms with E-state index < -0.39 is 6.04 Å². The Kier molecular flexibility index (Phi) is 3.00. The van der Waals surface area contributed by atoms with Crippen molar-refractivity contribution in [2.75, 3.05) is 0 Å². The molecule has 1 aromatic rings. The third-order valence-electron chi connectivity index (χ3n) is 1.69. The van der Waals surface area contributed by atoms with Crippen molar-refractivity contribution < 1.29 is 10.2 Å². The molecule has 0 radical (unpaired) electrons. The van der Waals surface area contributed by atoms with E-state index in [1.165, 1.54) is 18.2 Å². The van der Waals surface area contributed by atoms with Crippen molar-refractivity contribution in [3.05, 3.63) is 36.2 Å². The molecular weight excluding hydrogens is 168 g/mol. The third kappa shape index (κ3) is 2.05. The standard InChI is InChI=1S/C9H12N2O2/c1-2-7(10)9-8(13)4-3-6(5-12)11-9/h2-4,7,12-13H,1,5,10H2/t7-/m0/s1. The van der Waals surface area contributed by atoms with E-state index in [4.69, 9.17) is 10.8 Å². The van der Waals surface area contributed by atoms with E-state index >= 15 is 0 Å². The van der Waals surface area contributed by atoms with Crippen LogP contribution in [0.25, 0.3) is 0 Å². The fraction of sp³-hybridized carbons (Fsp3) is 0.222. The maximum Gasteiger partial charge on any atom is 0.139 e. The summed E-state index contributed by atoms with van der Waals surface area (Å²) in [5, 5.41) is 18.2. The molecule has 1 aromatic heterocycles. The van der Waals surface area contributed by atoms with Crippen LogP contribution in [0.5, 0.6) is 5.75 Å². The van der Waals surface area contributed by atoms with Gasteiger partial charge in [0, 0.05) is 0 Å². The minimum atomic E-state index is -0.508. The molecule has 70 valence electrons. The molecule has 4 nitrogen and oxygen atoms in total. The van der Waals surface area contributed by atoms with Gasteiger partial charge in [0.2, 0.25) is 0 Å². The van der Waals surface area contributed by atoms with E-state index in [0.29, 0.717) is 11.4 Å². The van der Waals surface area contributed by atoms with E-state index in [1.807, 2.05) is 0 Å². The van der Waals surface area contributed by atoms with Crippen molar-refractivity contribution >= 4 is 0 Å². The first-order chi connectivity index (χ1) is 6.19. The monoisotopic (exact) mass is 180 g/mol. The summed E-state index contributed by atoms with van der Waals surface area (Å²) in [6.07, 6.45) is 1.48. The van der Waals surface area contributed by atoms with Crippen LogP contribution in [0.1, 0.15) is 17.4 Å².